The molecule has 6 rings (SSSR count). The molecule has 5 fully saturated rings. The molecule has 0 spiro atoms. The van der Waals surface area contributed by atoms with Crippen LogP contribution < -0.4 is 0 Å². The second kappa shape index (κ2) is 10.7. The topological polar surface area (TPSA) is 176 Å². The van der Waals surface area contributed by atoms with Gasteiger partial charge in [0.1, 0.15) is 17.7 Å². The highest BCUT2D eigenvalue weighted by Gasteiger charge is 2.82. The molecule has 46 heavy (non-hydrogen) atoms. The average molecular weight is 645 g/mol. The fourth-order valence-corrected chi connectivity index (χ4v) is 10.8. The minimum absolute atomic E-state index is 0.00856. The summed E-state index contributed by atoms with van der Waals surface area (Å²) in [6, 6.07) is 1.73. The van der Waals surface area contributed by atoms with Crippen molar-refractivity contribution in [1.29, 1.82) is 0 Å². The predicted octanol–water partition coefficient (Wildman–Crippen LogP) is 2.72. The lowest BCUT2D eigenvalue weighted by Crippen LogP contribution is -2.82. The highest BCUT2D eigenvalue weighted by molar-refractivity contribution is 5.94. The van der Waals surface area contributed by atoms with Gasteiger partial charge in [-0.25, -0.2) is 0 Å². The number of carbonyl (C=O) groups excluding carboxylic acids is 5. The van der Waals surface area contributed by atoms with Crippen LogP contribution in [0.15, 0.2) is 23.0 Å². The van der Waals surface area contributed by atoms with E-state index in [1.807, 2.05) is 13.8 Å². The Morgan fingerprint density at radius 3 is 2.22 bits per heavy atom. The van der Waals surface area contributed by atoms with Gasteiger partial charge in [0.15, 0.2) is 12.2 Å². The van der Waals surface area contributed by atoms with Crippen LogP contribution in [0.5, 0.6) is 0 Å². The number of esters is 3. The summed E-state index contributed by atoms with van der Waals surface area (Å²) in [6.07, 6.45) is -3.74. The maximum atomic E-state index is 14.8. The highest BCUT2D eigenvalue weighted by atomic mass is 16.7. The largest absolute Gasteiger partial charge is 0.472 e. The van der Waals surface area contributed by atoms with Gasteiger partial charge in [0.2, 0.25) is 6.29 Å². The van der Waals surface area contributed by atoms with Gasteiger partial charge in [-0.15, -0.1) is 0 Å². The van der Waals surface area contributed by atoms with E-state index in [9.17, 15) is 34.2 Å². The SMILES string of the molecule is CC(=O)OC1C(OC(C)=O)C2(C)C(OC(=O)C(C)C)OCC3(C1O)C2CC(O)C1(C)C2CC(=O)C(c4ccoc4)C2(C)CC(=O)C13. The molecule has 4 saturated carbocycles. The number of furan rings is 1. The van der Waals surface area contributed by atoms with Crippen molar-refractivity contribution in [3.05, 3.63) is 24.2 Å². The molecule has 252 valence electrons. The third kappa shape index (κ3) is 4.18. The molecule has 1 aliphatic heterocycles. The van der Waals surface area contributed by atoms with Gasteiger partial charge >= 0.3 is 17.9 Å². The van der Waals surface area contributed by atoms with Crippen LogP contribution in [0.4, 0.5) is 0 Å². The minimum Gasteiger partial charge on any atom is -0.472 e. The van der Waals surface area contributed by atoms with Gasteiger partial charge in [-0.2, -0.15) is 0 Å². The fraction of sp³-hybridized carbons (Fsp3) is 0.735. The van der Waals surface area contributed by atoms with E-state index in [2.05, 4.69) is 0 Å². The first-order valence-electron chi connectivity index (χ1n) is 16.1. The highest BCUT2D eigenvalue weighted by Crippen LogP contribution is 2.75. The summed E-state index contributed by atoms with van der Waals surface area (Å²) >= 11 is 0. The summed E-state index contributed by atoms with van der Waals surface area (Å²) in [4.78, 5) is 66.5. The molecule has 0 radical (unpaired) electrons. The van der Waals surface area contributed by atoms with Crippen LogP contribution in [0.25, 0.3) is 0 Å². The molecule has 1 aromatic rings. The van der Waals surface area contributed by atoms with Crippen molar-refractivity contribution in [3.8, 4) is 0 Å². The summed E-state index contributed by atoms with van der Waals surface area (Å²) in [5, 5.41) is 24.7. The van der Waals surface area contributed by atoms with Crippen LogP contribution in [-0.2, 0) is 42.9 Å². The molecule has 1 aromatic heterocycles. The number of hydrogen-bond donors (Lipinski definition) is 2. The summed E-state index contributed by atoms with van der Waals surface area (Å²) < 4.78 is 29.0. The van der Waals surface area contributed by atoms with E-state index in [1.165, 1.54) is 19.5 Å². The molecule has 0 amide bonds. The Bertz CT molecular complexity index is 1450. The number of fused-ring (bicyclic) bond motifs is 3. The normalized spacial score (nSPS) is 46.2. The number of aliphatic hydroxyl groups is 2. The maximum Gasteiger partial charge on any atom is 0.310 e. The lowest BCUT2D eigenvalue weighted by Gasteiger charge is -2.73. The Morgan fingerprint density at radius 2 is 1.63 bits per heavy atom. The number of rotatable bonds is 5. The van der Waals surface area contributed by atoms with Crippen molar-refractivity contribution < 1.29 is 57.6 Å². The Kier molecular flexibility index (Phi) is 7.65. The molecule has 4 aliphatic carbocycles. The average Bonchev–Trinajstić information content (AvgIpc) is 3.57. The summed E-state index contributed by atoms with van der Waals surface area (Å²) in [6.45, 7) is 10.8. The zero-order valence-electron chi connectivity index (χ0n) is 27.3. The van der Waals surface area contributed by atoms with Crippen LogP contribution in [0.1, 0.15) is 79.2 Å². The molecule has 5 aliphatic rings. The summed E-state index contributed by atoms with van der Waals surface area (Å²) in [5.41, 5.74) is -4.32. The summed E-state index contributed by atoms with van der Waals surface area (Å²) in [7, 11) is 0. The van der Waals surface area contributed by atoms with E-state index in [1.54, 1.807) is 26.8 Å². The van der Waals surface area contributed by atoms with Crippen LogP contribution in [0.3, 0.4) is 0 Å². The Labute approximate surface area is 267 Å². The molecule has 12 heteroatoms. The van der Waals surface area contributed by atoms with E-state index in [4.69, 9.17) is 23.4 Å². The zero-order chi connectivity index (χ0) is 33.7. The lowest BCUT2D eigenvalue weighted by atomic mass is 9.34. The van der Waals surface area contributed by atoms with E-state index in [0.717, 1.165) is 6.92 Å². The Balaban J connectivity index is 1.54. The molecule has 12 nitrogen and oxygen atoms in total. The number of aliphatic hydroxyl groups excluding tert-OH is 2. The van der Waals surface area contributed by atoms with Gasteiger partial charge in [-0.1, -0.05) is 27.7 Å². The van der Waals surface area contributed by atoms with Crippen molar-refractivity contribution in [2.45, 2.75) is 104 Å². The van der Waals surface area contributed by atoms with Crippen molar-refractivity contribution in [3.63, 3.8) is 0 Å². The van der Waals surface area contributed by atoms with Gasteiger partial charge in [0, 0.05) is 49.0 Å². The van der Waals surface area contributed by atoms with Gasteiger partial charge < -0.3 is 33.6 Å². The molecule has 2 bridgehead atoms. The third-order valence-electron chi connectivity index (χ3n) is 12.5. The van der Waals surface area contributed by atoms with Crippen molar-refractivity contribution in [2.75, 3.05) is 6.61 Å². The minimum atomic E-state index is -1.58. The first-order chi connectivity index (χ1) is 21.4. The van der Waals surface area contributed by atoms with Crippen LogP contribution in [0, 0.1) is 45.3 Å². The monoisotopic (exact) mass is 644 g/mol. The first kappa shape index (κ1) is 32.8. The number of hydrogen-bond acceptors (Lipinski definition) is 12. The molecular formula is C34H44O12. The first-order valence-corrected chi connectivity index (χ1v) is 16.1. The molecule has 13 atom stereocenters. The second-order valence-corrected chi connectivity index (χ2v) is 15.2. The second-order valence-electron chi connectivity index (χ2n) is 15.2. The number of ether oxygens (including phenoxy) is 4. The van der Waals surface area contributed by atoms with Crippen molar-refractivity contribution in [2.24, 2.45) is 45.3 Å². The lowest BCUT2D eigenvalue weighted by molar-refractivity contribution is -0.388. The van der Waals surface area contributed by atoms with Crippen molar-refractivity contribution >= 4 is 29.5 Å². The fourth-order valence-electron chi connectivity index (χ4n) is 10.8. The third-order valence-corrected chi connectivity index (χ3v) is 12.5. The number of ketones is 2. The Morgan fingerprint density at radius 1 is 0.957 bits per heavy atom. The van der Waals surface area contributed by atoms with E-state index in [-0.39, 0.29) is 37.4 Å². The van der Waals surface area contributed by atoms with Crippen LogP contribution in [-0.4, -0.2) is 77.0 Å². The van der Waals surface area contributed by atoms with Gasteiger partial charge in [-0.05, 0) is 36.7 Å². The molecule has 1 saturated heterocycles. The molecule has 0 aromatic carbocycles. The quantitative estimate of drug-likeness (QED) is 0.355. The zero-order valence-corrected chi connectivity index (χ0v) is 27.3. The summed E-state index contributed by atoms with van der Waals surface area (Å²) in [5.74, 6) is -5.85. The molecule has 13 unspecified atom stereocenters. The molecule has 2 heterocycles. The van der Waals surface area contributed by atoms with Crippen LogP contribution in [0.2, 0.25) is 0 Å². The van der Waals surface area contributed by atoms with Crippen LogP contribution >= 0.6 is 0 Å². The maximum absolute atomic E-state index is 14.8. The predicted molar refractivity (Wildman–Crippen MR) is 156 cm³/mol. The molecular weight excluding hydrogens is 600 g/mol. The van der Waals surface area contributed by atoms with E-state index < -0.39 is 99.9 Å². The van der Waals surface area contributed by atoms with Gasteiger partial charge in [-0.3, -0.25) is 24.0 Å². The van der Waals surface area contributed by atoms with E-state index in [0.29, 0.717) is 5.56 Å². The van der Waals surface area contributed by atoms with Gasteiger partial charge in [0.05, 0.1) is 42.5 Å². The standard InChI is InChI=1S/C34H44O12/c1-15(2)29(41)46-30-33(7)22-11-23(39)32(6)21-10-19(37)24(18-8-9-42-13-18)31(21,5)12-20(38)26(32)34(22,14-43-30)27(40)25(44-16(3)35)28(33)45-17(4)36/h8-9,13,15,21-28,30,39-40H,10-12,14H2,1-7H3. The van der Waals surface area contributed by atoms with E-state index >= 15 is 0 Å². The number of Topliss-reactive ketones (excluding diaryl/α,β-unsaturated/α-hetero) is 2. The Hall–Kier alpha value is -3.09. The van der Waals surface area contributed by atoms with Crippen molar-refractivity contribution in [1.82, 2.24) is 0 Å². The smallest absolute Gasteiger partial charge is 0.310 e. The molecule has 2 N–H and O–H groups in total. The van der Waals surface area contributed by atoms with Gasteiger partial charge in [0.25, 0.3) is 0 Å². The number of carbonyl (C=O) groups is 5.